The summed E-state index contributed by atoms with van der Waals surface area (Å²) in [7, 11) is 0. The molecular weight excluding hydrogens is 485 g/mol. The predicted molar refractivity (Wildman–Crippen MR) is 110 cm³/mol. The Hall–Kier alpha value is -1.95. The number of alkyl halides is 1. The zero-order valence-corrected chi connectivity index (χ0v) is 17.2. The van der Waals surface area contributed by atoms with Crippen molar-refractivity contribution in [3.63, 3.8) is 0 Å². The average Bonchev–Trinajstić information content (AvgIpc) is 3.48. The molecule has 0 spiro atoms. The number of aromatic carboxylic acids is 1. The van der Waals surface area contributed by atoms with Crippen LogP contribution in [-0.2, 0) is 0 Å². The van der Waals surface area contributed by atoms with Crippen molar-refractivity contribution < 1.29 is 18.7 Å². The molecule has 2 atom stereocenters. The predicted octanol–water partition coefficient (Wildman–Crippen LogP) is 2.45. The smallest absolute Gasteiger partial charge is 0.341 e. The van der Waals surface area contributed by atoms with Crippen molar-refractivity contribution in [2.45, 2.75) is 35.9 Å². The van der Waals surface area contributed by atoms with Crippen LogP contribution in [0.4, 0.5) is 20.2 Å². The van der Waals surface area contributed by atoms with Gasteiger partial charge in [-0.05, 0) is 19.8 Å². The van der Waals surface area contributed by atoms with Crippen molar-refractivity contribution in [2.24, 2.45) is 0 Å². The van der Waals surface area contributed by atoms with Crippen LogP contribution in [0.15, 0.2) is 11.0 Å². The van der Waals surface area contributed by atoms with E-state index in [1.807, 2.05) is 6.92 Å². The molecule has 1 saturated carbocycles. The summed E-state index contributed by atoms with van der Waals surface area (Å²) < 4.78 is 32.1. The Labute approximate surface area is 172 Å². The number of nitrogens with one attached hydrogen (secondary N) is 1. The number of rotatable bonds is 3. The number of nitrogens with zero attached hydrogens (tertiary/aromatic N) is 2. The summed E-state index contributed by atoms with van der Waals surface area (Å²) in [5, 5.41) is 12.2. The van der Waals surface area contributed by atoms with Crippen molar-refractivity contribution in [1.29, 1.82) is 0 Å². The second-order valence-electron chi connectivity index (χ2n) is 7.24. The standard InChI is InChI=1S/C18H19F2IN4O3/c1-7-17(21)24(5-4-23-7)15-11(19)13(22)10-14(12(15)20)25(8-2-3-8)6-9(16(10)26)18(27)28/h6-8,17,23H,2-5,22H2,1H3,(H,27,28). The molecule has 10 heteroatoms. The van der Waals surface area contributed by atoms with E-state index in [2.05, 4.69) is 27.9 Å². The number of carboxylic acid groups (broad SMARTS) is 1. The van der Waals surface area contributed by atoms with E-state index in [-0.39, 0.29) is 27.3 Å². The maximum absolute atomic E-state index is 15.7. The van der Waals surface area contributed by atoms with E-state index in [1.165, 1.54) is 4.57 Å². The molecule has 2 aliphatic rings. The van der Waals surface area contributed by atoms with Gasteiger partial charge in [0.15, 0.2) is 11.6 Å². The van der Waals surface area contributed by atoms with Crippen LogP contribution in [0.5, 0.6) is 0 Å². The first-order valence-electron chi connectivity index (χ1n) is 8.96. The van der Waals surface area contributed by atoms with Crippen LogP contribution < -0.4 is 21.4 Å². The van der Waals surface area contributed by atoms with E-state index in [4.69, 9.17) is 5.73 Å². The lowest BCUT2D eigenvalue weighted by atomic mass is 10.1. The minimum Gasteiger partial charge on any atom is -0.477 e. The quantitative estimate of drug-likeness (QED) is 0.257. The highest BCUT2D eigenvalue weighted by atomic mass is 127. The molecule has 0 bridgehead atoms. The first-order valence-corrected chi connectivity index (χ1v) is 10.2. The number of carbonyl (C=O) groups is 1. The number of piperazine rings is 1. The summed E-state index contributed by atoms with van der Waals surface area (Å²) in [5.74, 6) is -3.35. The van der Waals surface area contributed by atoms with Gasteiger partial charge in [0, 0.05) is 31.4 Å². The summed E-state index contributed by atoms with van der Waals surface area (Å²) in [4.78, 5) is 25.7. The molecule has 1 saturated heterocycles. The molecule has 1 aliphatic carbocycles. The highest BCUT2D eigenvalue weighted by Crippen LogP contribution is 2.42. The number of benzene rings is 1. The zero-order valence-electron chi connectivity index (χ0n) is 15.0. The first-order chi connectivity index (χ1) is 13.2. The van der Waals surface area contributed by atoms with Crippen molar-refractivity contribution in [3.8, 4) is 0 Å². The molecule has 2 unspecified atom stereocenters. The normalized spacial score (nSPS) is 22.6. The Bertz CT molecular complexity index is 1050. The Kier molecular flexibility index (Phi) is 4.73. The molecule has 150 valence electrons. The summed E-state index contributed by atoms with van der Waals surface area (Å²) in [6, 6.07) is -0.143. The molecule has 2 heterocycles. The van der Waals surface area contributed by atoms with E-state index >= 15 is 8.78 Å². The average molecular weight is 504 g/mol. The maximum atomic E-state index is 15.7. The van der Waals surface area contributed by atoms with Gasteiger partial charge in [-0.25, -0.2) is 13.6 Å². The fourth-order valence-corrected chi connectivity index (χ4v) is 4.55. The van der Waals surface area contributed by atoms with Crippen LogP contribution in [0, 0.1) is 11.6 Å². The maximum Gasteiger partial charge on any atom is 0.341 e. The number of nitrogens with two attached hydrogens (primary N) is 1. The molecule has 4 rings (SSSR count). The van der Waals surface area contributed by atoms with Gasteiger partial charge in [0.1, 0.15) is 11.3 Å². The van der Waals surface area contributed by atoms with E-state index in [9.17, 15) is 14.7 Å². The Morgan fingerprint density at radius 3 is 2.64 bits per heavy atom. The number of hydrogen-bond donors (Lipinski definition) is 3. The Balaban J connectivity index is 2.08. The number of pyridine rings is 1. The number of carboxylic acids is 1. The molecule has 7 nitrogen and oxygen atoms in total. The lowest BCUT2D eigenvalue weighted by molar-refractivity contribution is 0.0695. The van der Waals surface area contributed by atoms with E-state index < -0.39 is 39.7 Å². The molecule has 1 aliphatic heterocycles. The second-order valence-corrected chi connectivity index (χ2v) is 8.51. The number of aromatic nitrogens is 1. The van der Waals surface area contributed by atoms with Crippen molar-refractivity contribution >= 4 is 50.8 Å². The summed E-state index contributed by atoms with van der Waals surface area (Å²) in [5.41, 5.74) is 3.53. The van der Waals surface area contributed by atoms with Crippen LogP contribution in [0.3, 0.4) is 0 Å². The largest absolute Gasteiger partial charge is 0.477 e. The summed E-state index contributed by atoms with van der Waals surface area (Å²) in [6.45, 7) is 2.84. The van der Waals surface area contributed by atoms with Gasteiger partial charge in [0.05, 0.1) is 20.6 Å². The summed E-state index contributed by atoms with van der Waals surface area (Å²) in [6.07, 6.45) is 2.60. The van der Waals surface area contributed by atoms with Gasteiger partial charge in [-0.15, -0.1) is 0 Å². The van der Waals surface area contributed by atoms with Gasteiger partial charge < -0.3 is 25.6 Å². The van der Waals surface area contributed by atoms with Gasteiger partial charge in [-0.2, -0.15) is 0 Å². The van der Waals surface area contributed by atoms with Crippen LogP contribution in [0.2, 0.25) is 0 Å². The number of fused-ring (bicyclic) bond motifs is 1. The first kappa shape index (κ1) is 19.4. The number of nitrogen functional groups attached to an aromatic ring is 1. The van der Waals surface area contributed by atoms with Gasteiger partial charge in [0.25, 0.3) is 0 Å². The molecule has 1 aromatic heterocycles. The third-order valence-corrected chi connectivity index (χ3v) is 7.10. The Morgan fingerprint density at radius 2 is 2.04 bits per heavy atom. The highest BCUT2D eigenvalue weighted by Gasteiger charge is 2.35. The molecule has 4 N–H and O–H groups in total. The van der Waals surface area contributed by atoms with Crippen LogP contribution in [-0.4, -0.2) is 38.8 Å². The van der Waals surface area contributed by atoms with Crippen LogP contribution in [0.25, 0.3) is 10.9 Å². The lowest BCUT2D eigenvalue weighted by Gasteiger charge is -2.39. The van der Waals surface area contributed by atoms with Crippen LogP contribution in [0.1, 0.15) is 36.2 Å². The molecule has 0 amide bonds. The minimum atomic E-state index is -1.45. The van der Waals surface area contributed by atoms with E-state index in [0.29, 0.717) is 13.1 Å². The van der Waals surface area contributed by atoms with Crippen molar-refractivity contribution in [2.75, 3.05) is 23.7 Å². The van der Waals surface area contributed by atoms with Crippen molar-refractivity contribution in [1.82, 2.24) is 9.88 Å². The van der Waals surface area contributed by atoms with Crippen molar-refractivity contribution in [3.05, 3.63) is 33.6 Å². The molecule has 2 fully saturated rings. The fourth-order valence-electron chi connectivity index (χ4n) is 3.74. The molecule has 1 aromatic carbocycles. The SMILES string of the molecule is CC1NCCN(c2c(F)c(N)c3c(=O)c(C(=O)O)cn(C4CC4)c3c2F)C1I. The Morgan fingerprint density at radius 1 is 1.36 bits per heavy atom. The fraction of sp³-hybridized carbons (Fsp3) is 0.444. The van der Waals surface area contributed by atoms with E-state index in [0.717, 1.165) is 19.0 Å². The van der Waals surface area contributed by atoms with Gasteiger partial charge in [-0.3, -0.25) is 4.79 Å². The molecule has 28 heavy (non-hydrogen) atoms. The van der Waals surface area contributed by atoms with Gasteiger partial charge in [0.2, 0.25) is 5.43 Å². The van der Waals surface area contributed by atoms with Gasteiger partial charge >= 0.3 is 5.97 Å². The molecular formula is C18H19F2IN4O3. The molecule has 2 aromatic rings. The third-order valence-electron chi connectivity index (χ3n) is 5.35. The summed E-state index contributed by atoms with van der Waals surface area (Å²) >= 11 is 2.12. The monoisotopic (exact) mass is 504 g/mol. The molecule has 0 radical (unpaired) electrons. The highest BCUT2D eigenvalue weighted by molar-refractivity contribution is 14.1. The number of hydrogen-bond acceptors (Lipinski definition) is 5. The zero-order chi connectivity index (χ0) is 20.3. The third kappa shape index (κ3) is 2.84. The van der Waals surface area contributed by atoms with Crippen LogP contribution >= 0.6 is 22.6 Å². The van der Waals surface area contributed by atoms with E-state index in [1.54, 1.807) is 4.90 Å². The van der Waals surface area contributed by atoms with Gasteiger partial charge in [-0.1, -0.05) is 22.6 Å². The minimum absolute atomic E-state index is 0.00918. The lowest BCUT2D eigenvalue weighted by Crippen LogP contribution is -2.54. The number of halogens is 3. The number of anilines is 2. The topological polar surface area (TPSA) is 101 Å². The second kappa shape index (κ2) is 6.83.